The molecule has 0 radical (unpaired) electrons. The summed E-state index contributed by atoms with van der Waals surface area (Å²) < 4.78 is 27.7. The van der Waals surface area contributed by atoms with Gasteiger partial charge in [0.25, 0.3) is 0 Å². The molecule has 0 aliphatic carbocycles. The summed E-state index contributed by atoms with van der Waals surface area (Å²) in [5.41, 5.74) is 1.43. The van der Waals surface area contributed by atoms with Crippen LogP contribution in [-0.4, -0.2) is 72.6 Å². The van der Waals surface area contributed by atoms with Crippen molar-refractivity contribution < 1.29 is 18.3 Å². The molecule has 9 heteroatoms. The van der Waals surface area contributed by atoms with E-state index in [1.54, 1.807) is 10.4 Å². The molecule has 174 valence electrons. The second-order valence-corrected chi connectivity index (χ2v) is 11.7. The Hall–Kier alpha value is -2.39. The van der Waals surface area contributed by atoms with Gasteiger partial charge in [-0.1, -0.05) is 39.3 Å². The van der Waals surface area contributed by atoms with E-state index in [9.17, 15) is 18.3 Å². The number of para-hydroxylation sites is 1. The third-order valence-electron chi connectivity index (χ3n) is 6.58. The fraction of sp³-hybridized carbons (Fsp3) is 0.565. The minimum Gasteiger partial charge on any atom is -0.465 e. The third kappa shape index (κ3) is 4.28. The highest BCUT2D eigenvalue weighted by atomic mass is 32.2. The number of piperidine rings is 1. The molecule has 2 aliphatic rings. The van der Waals surface area contributed by atoms with Gasteiger partial charge in [-0.2, -0.15) is 4.31 Å². The summed E-state index contributed by atoms with van der Waals surface area (Å²) in [7, 11) is -3.55. The predicted molar refractivity (Wildman–Crippen MR) is 125 cm³/mol. The number of aromatic nitrogens is 1. The first-order valence-corrected chi connectivity index (χ1v) is 12.7. The van der Waals surface area contributed by atoms with E-state index in [0.717, 1.165) is 35.9 Å². The highest BCUT2D eigenvalue weighted by molar-refractivity contribution is 7.89. The lowest BCUT2D eigenvalue weighted by atomic mass is 9.84. The molecule has 0 bridgehead atoms. The summed E-state index contributed by atoms with van der Waals surface area (Å²) in [5, 5.41) is 10.4. The zero-order valence-electron chi connectivity index (χ0n) is 19.0. The maximum Gasteiger partial charge on any atom is 0.407 e. The summed E-state index contributed by atoms with van der Waals surface area (Å²) in [5.74, 6) is 0. The van der Waals surface area contributed by atoms with Gasteiger partial charge in [0, 0.05) is 44.3 Å². The van der Waals surface area contributed by atoms with E-state index in [0.29, 0.717) is 32.7 Å². The monoisotopic (exact) mass is 460 g/mol. The molecule has 1 amide bonds. The van der Waals surface area contributed by atoms with Crippen molar-refractivity contribution in [2.45, 2.75) is 51.0 Å². The molecule has 2 aliphatic heterocycles. The molecular weight excluding hydrogens is 428 g/mol. The molecule has 1 aromatic heterocycles. The molecule has 0 spiro atoms. The predicted octanol–water partition coefficient (Wildman–Crippen LogP) is 3.62. The Balaban J connectivity index is 1.67. The van der Waals surface area contributed by atoms with Crippen molar-refractivity contribution in [3.63, 3.8) is 0 Å². The van der Waals surface area contributed by atoms with Gasteiger partial charge in [-0.25, -0.2) is 13.2 Å². The second kappa shape index (κ2) is 8.51. The number of benzene rings is 1. The number of nitrogens with zero attached hydrogens (tertiary/aromatic N) is 4. The van der Waals surface area contributed by atoms with E-state index in [1.165, 1.54) is 11.1 Å². The largest absolute Gasteiger partial charge is 0.465 e. The molecule has 1 N–H and O–H groups in total. The van der Waals surface area contributed by atoms with Gasteiger partial charge in [0.15, 0.2) is 0 Å². The van der Waals surface area contributed by atoms with Gasteiger partial charge < -0.3 is 14.9 Å². The SMILES string of the molecule is CC(C)(C)C1CN(c2cccc3cc(S(=O)(=O)N4CCCCC4)cnc23)CCN1C(=O)O. The number of anilines is 1. The van der Waals surface area contributed by atoms with Crippen molar-refractivity contribution in [2.75, 3.05) is 37.6 Å². The Labute approximate surface area is 189 Å². The minimum absolute atomic E-state index is 0.164. The number of piperazine rings is 1. The number of sulfonamides is 1. The minimum atomic E-state index is -3.55. The number of carboxylic acid groups (broad SMARTS) is 1. The zero-order valence-corrected chi connectivity index (χ0v) is 19.8. The maximum absolute atomic E-state index is 13.1. The zero-order chi connectivity index (χ0) is 23.1. The third-order valence-corrected chi connectivity index (χ3v) is 8.45. The van der Waals surface area contributed by atoms with Gasteiger partial charge in [-0.05, 0) is 30.4 Å². The first-order chi connectivity index (χ1) is 15.1. The van der Waals surface area contributed by atoms with E-state index in [-0.39, 0.29) is 16.4 Å². The molecule has 3 heterocycles. The van der Waals surface area contributed by atoms with Crippen LogP contribution in [0.25, 0.3) is 10.9 Å². The first-order valence-electron chi connectivity index (χ1n) is 11.2. The number of hydrogen-bond acceptors (Lipinski definition) is 5. The lowest BCUT2D eigenvalue weighted by Gasteiger charge is -2.46. The van der Waals surface area contributed by atoms with Crippen LogP contribution in [0.3, 0.4) is 0 Å². The molecular formula is C23H32N4O4S. The fourth-order valence-electron chi connectivity index (χ4n) is 4.75. The Morgan fingerprint density at radius 2 is 1.81 bits per heavy atom. The van der Waals surface area contributed by atoms with E-state index in [1.807, 2.05) is 18.2 Å². The normalized spacial score (nSPS) is 21.2. The molecule has 0 saturated carbocycles. The molecule has 2 fully saturated rings. The number of hydrogen-bond donors (Lipinski definition) is 1. The van der Waals surface area contributed by atoms with Crippen LogP contribution in [0.15, 0.2) is 35.4 Å². The van der Waals surface area contributed by atoms with Gasteiger partial charge in [0.1, 0.15) is 4.90 Å². The van der Waals surface area contributed by atoms with Crippen LogP contribution in [0, 0.1) is 5.41 Å². The van der Waals surface area contributed by atoms with Gasteiger partial charge >= 0.3 is 6.09 Å². The molecule has 4 rings (SSSR count). The van der Waals surface area contributed by atoms with Crippen molar-refractivity contribution >= 4 is 32.7 Å². The van der Waals surface area contributed by atoms with Crippen molar-refractivity contribution in [2.24, 2.45) is 5.41 Å². The topological polar surface area (TPSA) is 94.1 Å². The molecule has 2 aromatic rings. The summed E-state index contributed by atoms with van der Waals surface area (Å²) in [6.45, 7) is 8.81. The van der Waals surface area contributed by atoms with Gasteiger partial charge in [0.05, 0.1) is 17.2 Å². The first kappa shape index (κ1) is 22.8. The number of fused-ring (bicyclic) bond motifs is 1. The molecule has 1 aromatic carbocycles. The van der Waals surface area contributed by atoms with Gasteiger partial charge in [-0.15, -0.1) is 0 Å². The molecule has 8 nitrogen and oxygen atoms in total. The van der Waals surface area contributed by atoms with Crippen LogP contribution in [0.2, 0.25) is 0 Å². The van der Waals surface area contributed by atoms with Crippen LogP contribution in [0.4, 0.5) is 10.5 Å². The number of rotatable bonds is 3. The van der Waals surface area contributed by atoms with E-state index < -0.39 is 16.1 Å². The Bertz CT molecular complexity index is 1110. The molecule has 32 heavy (non-hydrogen) atoms. The number of pyridine rings is 1. The van der Waals surface area contributed by atoms with Crippen molar-refractivity contribution in [3.8, 4) is 0 Å². The highest BCUT2D eigenvalue weighted by Gasteiger charge is 2.38. The molecule has 2 saturated heterocycles. The Morgan fingerprint density at radius 3 is 2.47 bits per heavy atom. The number of carbonyl (C=O) groups is 1. The summed E-state index contributed by atoms with van der Waals surface area (Å²) >= 11 is 0. The Kier molecular flexibility index (Phi) is 6.06. The average Bonchev–Trinajstić information content (AvgIpc) is 2.77. The van der Waals surface area contributed by atoms with E-state index >= 15 is 0 Å². The lowest BCUT2D eigenvalue weighted by Crippen LogP contribution is -2.59. The quantitative estimate of drug-likeness (QED) is 0.752. The number of amides is 1. The van der Waals surface area contributed by atoms with Crippen LogP contribution >= 0.6 is 0 Å². The summed E-state index contributed by atoms with van der Waals surface area (Å²) in [6, 6.07) is 7.32. The van der Waals surface area contributed by atoms with Crippen molar-refractivity contribution in [1.82, 2.24) is 14.2 Å². The van der Waals surface area contributed by atoms with Gasteiger partial charge in [0.2, 0.25) is 10.0 Å². The van der Waals surface area contributed by atoms with Crippen LogP contribution in [0.5, 0.6) is 0 Å². The van der Waals surface area contributed by atoms with E-state index in [2.05, 4.69) is 30.7 Å². The molecule has 1 atom stereocenters. The maximum atomic E-state index is 13.1. The Morgan fingerprint density at radius 1 is 1.09 bits per heavy atom. The van der Waals surface area contributed by atoms with Crippen LogP contribution in [0.1, 0.15) is 40.0 Å². The highest BCUT2D eigenvalue weighted by Crippen LogP contribution is 2.33. The van der Waals surface area contributed by atoms with Crippen LogP contribution < -0.4 is 4.90 Å². The van der Waals surface area contributed by atoms with E-state index in [4.69, 9.17) is 0 Å². The summed E-state index contributed by atoms with van der Waals surface area (Å²) in [4.78, 5) is 20.3. The molecule has 1 unspecified atom stereocenters. The fourth-order valence-corrected chi connectivity index (χ4v) is 6.25. The standard InChI is InChI=1S/C23H32N4O4S/c1-23(2,3)20-16-25(12-13-27(20)22(28)29)19-9-7-8-17-14-18(15-24-21(17)19)32(30,31)26-10-5-4-6-11-26/h7-9,14-15,20H,4-6,10-13,16H2,1-3H3,(H,28,29). The van der Waals surface area contributed by atoms with Crippen LogP contribution in [-0.2, 0) is 10.0 Å². The lowest BCUT2D eigenvalue weighted by molar-refractivity contribution is 0.0749. The summed E-state index contributed by atoms with van der Waals surface area (Å²) in [6.07, 6.45) is 3.41. The van der Waals surface area contributed by atoms with Crippen molar-refractivity contribution in [1.29, 1.82) is 0 Å². The second-order valence-electron chi connectivity index (χ2n) is 9.79. The van der Waals surface area contributed by atoms with Crippen molar-refractivity contribution in [3.05, 3.63) is 30.5 Å². The smallest absolute Gasteiger partial charge is 0.407 e. The average molecular weight is 461 g/mol. The van der Waals surface area contributed by atoms with Gasteiger partial charge in [-0.3, -0.25) is 4.98 Å².